The quantitative estimate of drug-likeness (QED) is 0.568. The van der Waals surface area contributed by atoms with Crippen molar-refractivity contribution < 1.29 is 9.18 Å². The van der Waals surface area contributed by atoms with E-state index in [9.17, 15) is 9.18 Å². The Morgan fingerprint density at radius 2 is 2.13 bits per heavy atom. The van der Waals surface area contributed by atoms with Crippen molar-refractivity contribution in [1.82, 2.24) is 15.0 Å². The molecule has 0 aliphatic carbocycles. The zero-order valence-electron chi connectivity index (χ0n) is 16.6. The third-order valence-electron chi connectivity index (χ3n) is 5.05. The van der Waals surface area contributed by atoms with Crippen LogP contribution in [0.4, 0.5) is 21.5 Å². The smallest absolute Gasteiger partial charge is 0.276 e. The number of hydrogen-bond donors (Lipinski definition) is 3. The first-order valence-electron chi connectivity index (χ1n) is 9.76. The normalized spacial score (nSPS) is 16.2. The second-order valence-corrected chi connectivity index (χ2v) is 7.75. The Bertz CT molecular complexity index is 1130. The molecule has 0 bridgehead atoms. The van der Waals surface area contributed by atoms with Gasteiger partial charge < -0.3 is 21.7 Å². The minimum absolute atomic E-state index is 0.0296. The number of nitrogens with one attached hydrogen (secondary N) is 1. The molecule has 0 spiro atoms. The van der Waals surface area contributed by atoms with E-state index in [1.54, 1.807) is 12.4 Å². The SMILES string of the molecule is Nc1cnc(-c2ccc(Cl)cc2F)nc1C(=O)Nc1cnccc1N1CCCC(N)C1. The summed E-state index contributed by atoms with van der Waals surface area (Å²) < 4.78 is 14.3. The summed E-state index contributed by atoms with van der Waals surface area (Å²) in [6, 6.07) is 6.02. The maximum atomic E-state index is 14.3. The molecular formula is C21H21ClFN7O. The van der Waals surface area contributed by atoms with Gasteiger partial charge in [-0.2, -0.15) is 0 Å². The Morgan fingerprint density at radius 1 is 1.29 bits per heavy atom. The molecule has 5 N–H and O–H groups in total. The summed E-state index contributed by atoms with van der Waals surface area (Å²) in [4.78, 5) is 27.5. The van der Waals surface area contributed by atoms with Crippen LogP contribution in [0.15, 0.2) is 42.9 Å². The summed E-state index contributed by atoms with van der Waals surface area (Å²) in [7, 11) is 0. The molecule has 1 aromatic carbocycles. The molecular weight excluding hydrogens is 421 g/mol. The topological polar surface area (TPSA) is 123 Å². The Hall–Kier alpha value is -3.30. The van der Waals surface area contributed by atoms with Crippen molar-refractivity contribution in [3.05, 3.63) is 59.4 Å². The number of nitrogens with two attached hydrogens (primary N) is 2. The molecule has 10 heteroatoms. The van der Waals surface area contributed by atoms with Crippen molar-refractivity contribution in [3.8, 4) is 11.4 Å². The maximum absolute atomic E-state index is 14.3. The Balaban J connectivity index is 1.63. The van der Waals surface area contributed by atoms with E-state index < -0.39 is 11.7 Å². The van der Waals surface area contributed by atoms with Crippen LogP contribution in [-0.2, 0) is 0 Å². The largest absolute Gasteiger partial charge is 0.396 e. The van der Waals surface area contributed by atoms with E-state index in [-0.39, 0.29) is 33.8 Å². The van der Waals surface area contributed by atoms with Gasteiger partial charge in [-0.05, 0) is 37.1 Å². The van der Waals surface area contributed by atoms with Gasteiger partial charge in [0.05, 0.1) is 35.0 Å². The number of nitrogen functional groups attached to an aromatic ring is 1. The number of hydrogen-bond acceptors (Lipinski definition) is 7. The Labute approximate surface area is 183 Å². The molecule has 1 unspecified atom stereocenters. The van der Waals surface area contributed by atoms with Crippen LogP contribution >= 0.6 is 11.6 Å². The molecule has 1 fully saturated rings. The van der Waals surface area contributed by atoms with Crippen LogP contribution in [0.1, 0.15) is 23.3 Å². The van der Waals surface area contributed by atoms with Crippen molar-refractivity contribution >= 4 is 34.6 Å². The molecule has 31 heavy (non-hydrogen) atoms. The van der Waals surface area contributed by atoms with E-state index in [1.165, 1.54) is 18.3 Å². The third-order valence-corrected chi connectivity index (χ3v) is 5.28. The van der Waals surface area contributed by atoms with E-state index in [0.29, 0.717) is 12.2 Å². The number of benzene rings is 1. The lowest BCUT2D eigenvalue weighted by Crippen LogP contribution is -2.43. The number of aromatic nitrogens is 3. The number of piperidine rings is 1. The number of amides is 1. The van der Waals surface area contributed by atoms with Crippen LogP contribution < -0.4 is 21.7 Å². The van der Waals surface area contributed by atoms with Gasteiger partial charge in [0.2, 0.25) is 0 Å². The number of rotatable bonds is 4. The third kappa shape index (κ3) is 4.57. The van der Waals surface area contributed by atoms with Crippen LogP contribution in [0.3, 0.4) is 0 Å². The van der Waals surface area contributed by atoms with Crippen molar-refractivity contribution in [2.45, 2.75) is 18.9 Å². The molecule has 1 saturated heterocycles. The molecule has 3 aromatic rings. The second kappa shape index (κ2) is 8.83. The Kier molecular flexibility index (Phi) is 5.97. The van der Waals surface area contributed by atoms with Gasteiger partial charge in [-0.25, -0.2) is 14.4 Å². The van der Waals surface area contributed by atoms with Crippen molar-refractivity contribution in [3.63, 3.8) is 0 Å². The predicted molar refractivity (Wildman–Crippen MR) is 118 cm³/mol. The molecule has 2 aromatic heterocycles. The zero-order chi connectivity index (χ0) is 22.0. The fourth-order valence-corrected chi connectivity index (χ4v) is 3.70. The maximum Gasteiger partial charge on any atom is 0.276 e. The average molecular weight is 442 g/mol. The average Bonchev–Trinajstić information content (AvgIpc) is 2.75. The highest BCUT2D eigenvalue weighted by atomic mass is 35.5. The highest BCUT2D eigenvalue weighted by Crippen LogP contribution is 2.28. The van der Waals surface area contributed by atoms with Gasteiger partial charge in [0.25, 0.3) is 5.91 Å². The van der Waals surface area contributed by atoms with Crippen LogP contribution in [0, 0.1) is 5.82 Å². The van der Waals surface area contributed by atoms with E-state index in [2.05, 4.69) is 25.2 Å². The fraction of sp³-hybridized carbons (Fsp3) is 0.238. The van der Waals surface area contributed by atoms with Gasteiger partial charge in [0.15, 0.2) is 11.5 Å². The number of carbonyl (C=O) groups excluding carboxylic acids is 1. The summed E-state index contributed by atoms with van der Waals surface area (Å²) in [6.07, 6.45) is 6.42. The highest BCUT2D eigenvalue weighted by Gasteiger charge is 2.22. The monoisotopic (exact) mass is 441 g/mol. The van der Waals surface area contributed by atoms with Gasteiger partial charge in [0.1, 0.15) is 5.82 Å². The van der Waals surface area contributed by atoms with Gasteiger partial charge in [-0.3, -0.25) is 9.78 Å². The number of halogens is 2. The number of carbonyl (C=O) groups is 1. The fourth-order valence-electron chi connectivity index (χ4n) is 3.54. The first-order valence-corrected chi connectivity index (χ1v) is 10.1. The number of pyridine rings is 1. The minimum atomic E-state index is -0.598. The standard InChI is InChI=1S/C21H21ClFN7O/c22-12-3-4-14(15(23)8-12)20-27-9-16(25)19(29-20)21(31)28-17-10-26-6-5-18(17)30-7-1-2-13(24)11-30/h3-6,8-10,13H,1-2,7,11,24-25H2,(H,28,31). The molecule has 8 nitrogen and oxygen atoms in total. The van der Waals surface area contributed by atoms with Crippen molar-refractivity contribution in [2.75, 3.05) is 29.0 Å². The number of nitrogens with zero attached hydrogens (tertiary/aromatic N) is 4. The van der Waals surface area contributed by atoms with Crippen LogP contribution in [-0.4, -0.2) is 40.0 Å². The van der Waals surface area contributed by atoms with Crippen LogP contribution in [0.25, 0.3) is 11.4 Å². The van der Waals surface area contributed by atoms with Gasteiger partial charge >= 0.3 is 0 Å². The van der Waals surface area contributed by atoms with Gasteiger partial charge in [0, 0.05) is 30.4 Å². The number of anilines is 3. The van der Waals surface area contributed by atoms with Gasteiger partial charge in [-0.1, -0.05) is 11.6 Å². The van der Waals surface area contributed by atoms with E-state index in [4.69, 9.17) is 23.1 Å². The molecule has 1 aliphatic rings. The van der Waals surface area contributed by atoms with Crippen LogP contribution in [0.2, 0.25) is 5.02 Å². The molecule has 0 saturated carbocycles. The zero-order valence-corrected chi connectivity index (χ0v) is 17.3. The summed E-state index contributed by atoms with van der Waals surface area (Å²) in [6.45, 7) is 1.51. The first kappa shape index (κ1) is 21.0. The van der Waals surface area contributed by atoms with E-state index in [1.807, 2.05) is 6.07 Å². The summed E-state index contributed by atoms with van der Waals surface area (Å²) in [5.41, 5.74) is 13.5. The van der Waals surface area contributed by atoms with E-state index >= 15 is 0 Å². The highest BCUT2D eigenvalue weighted by molar-refractivity contribution is 6.30. The lowest BCUT2D eigenvalue weighted by Gasteiger charge is -2.33. The Morgan fingerprint density at radius 3 is 2.90 bits per heavy atom. The molecule has 1 aliphatic heterocycles. The molecule has 4 rings (SSSR count). The van der Waals surface area contributed by atoms with Crippen LogP contribution in [0.5, 0.6) is 0 Å². The summed E-state index contributed by atoms with van der Waals surface area (Å²) in [5.74, 6) is -1.12. The minimum Gasteiger partial charge on any atom is -0.396 e. The molecule has 1 amide bonds. The molecule has 0 radical (unpaired) electrons. The molecule has 1 atom stereocenters. The van der Waals surface area contributed by atoms with E-state index in [0.717, 1.165) is 31.1 Å². The molecule has 3 heterocycles. The summed E-state index contributed by atoms with van der Waals surface area (Å²) >= 11 is 5.81. The summed E-state index contributed by atoms with van der Waals surface area (Å²) in [5, 5.41) is 3.06. The van der Waals surface area contributed by atoms with Gasteiger partial charge in [-0.15, -0.1) is 0 Å². The first-order chi connectivity index (χ1) is 14.9. The predicted octanol–water partition coefficient (Wildman–Crippen LogP) is 3.09. The lowest BCUT2D eigenvalue weighted by molar-refractivity contribution is 0.102. The lowest BCUT2D eigenvalue weighted by atomic mass is 10.1. The second-order valence-electron chi connectivity index (χ2n) is 7.32. The molecule has 160 valence electrons. The van der Waals surface area contributed by atoms with Crippen molar-refractivity contribution in [1.29, 1.82) is 0 Å². The van der Waals surface area contributed by atoms with Crippen molar-refractivity contribution in [2.24, 2.45) is 5.73 Å².